The quantitative estimate of drug-likeness (QED) is 0.752. The minimum atomic E-state index is -0.0469. The summed E-state index contributed by atoms with van der Waals surface area (Å²) in [6.45, 7) is 4.85. The lowest BCUT2D eigenvalue weighted by atomic mass is 9.95. The Bertz CT molecular complexity index is 353. The SMILES string of the molecule is CCC(C(=O)NCC(C)CCCl)c1ccccc1. The van der Waals surface area contributed by atoms with Crippen LogP contribution in [0.15, 0.2) is 30.3 Å². The smallest absolute Gasteiger partial charge is 0.227 e. The predicted octanol–water partition coefficient (Wildman–Crippen LogP) is 3.56. The molecule has 0 aliphatic heterocycles. The van der Waals surface area contributed by atoms with Crippen LogP contribution in [-0.2, 0) is 4.79 Å². The standard InChI is InChI=1S/C15H22ClNO/c1-3-14(13-7-5-4-6-8-13)15(18)17-11-12(2)9-10-16/h4-8,12,14H,3,9-11H2,1-2H3,(H,17,18). The average Bonchev–Trinajstić information content (AvgIpc) is 2.39. The highest BCUT2D eigenvalue weighted by atomic mass is 35.5. The maximum Gasteiger partial charge on any atom is 0.227 e. The van der Waals surface area contributed by atoms with Crippen LogP contribution in [0.5, 0.6) is 0 Å². The molecule has 1 rings (SSSR count). The molecule has 2 atom stereocenters. The number of halogens is 1. The van der Waals surface area contributed by atoms with Gasteiger partial charge in [-0.3, -0.25) is 4.79 Å². The van der Waals surface area contributed by atoms with Crippen molar-refractivity contribution >= 4 is 17.5 Å². The molecule has 2 unspecified atom stereocenters. The molecule has 1 aromatic carbocycles. The molecule has 0 aromatic heterocycles. The molecule has 1 amide bonds. The largest absolute Gasteiger partial charge is 0.355 e. The van der Waals surface area contributed by atoms with Crippen LogP contribution in [0.3, 0.4) is 0 Å². The van der Waals surface area contributed by atoms with Crippen molar-refractivity contribution < 1.29 is 4.79 Å². The van der Waals surface area contributed by atoms with Gasteiger partial charge in [0.2, 0.25) is 5.91 Å². The molecule has 18 heavy (non-hydrogen) atoms. The molecule has 1 N–H and O–H groups in total. The summed E-state index contributed by atoms with van der Waals surface area (Å²) in [5.41, 5.74) is 1.09. The minimum Gasteiger partial charge on any atom is -0.355 e. The van der Waals surface area contributed by atoms with Crippen molar-refractivity contribution in [3.05, 3.63) is 35.9 Å². The summed E-state index contributed by atoms with van der Waals surface area (Å²) in [4.78, 5) is 12.1. The van der Waals surface area contributed by atoms with Crippen molar-refractivity contribution in [3.63, 3.8) is 0 Å². The zero-order chi connectivity index (χ0) is 13.4. The van der Waals surface area contributed by atoms with Crippen LogP contribution < -0.4 is 5.32 Å². The molecule has 0 aliphatic rings. The third kappa shape index (κ3) is 4.69. The Morgan fingerprint density at radius 1 is 1.33 bits per heavy atom. The fourth-order valence-corrected chi connectivity index (χ4v) is 2.32. The maximum atomic E-state index is 12.1. The second-order valence-electron chi connectivity index (χ2n) is 4.70. The fourth-order valence-electron chi connectivity index (χ4n) is 1.94. The number of amides is 1. The number of hydrogen-bond acceptors (Lipinski definition) is 1. The van der Waals surface area contributed by atoms with Crippen molar-refractivity contribution in [3.8, 4) is 0 Å². The highest BCUT2D eigenvalue weighted by molar-refractivity contribution is 6.17. The predicted molar refractivity (Wildman–Crippen MR) is 77.0 cm³/mol. The van der Waals surface area contributed by atoms with Gasteiger partial charge < -0.3 is 5.32 Å². The molecule has 0 heterocycles. The number of carbonyl (C=O) groups excluding carboxylic acids is 1. The van der Waals surface area contributed by atoms with Gasteiger partial charge in [-0.05, 0) is 24.3 Å². The molecule has 0 saturated heterocycles. The summed E-state index contributed by atoms with van der Waals surface area (Å²) in [6.07, 6.45) is 1.75. The third-order valence-electron chi connectivity index (χ3n) is 3.15. The van der Waals surface area contributed by atoms with Gasteiger partial charge in [0.1, 0.15) is 0 Å². The van der Waals surface area contributed by atoms with Crippen molar-refractivity contribution in [2.24, 2.45) is 5.92 Å². The molecular weight excluding hydrogens is 246 g/mol. The first kappa shape index (κ1) is 15.0. The van der Waals surface area contributed by atoms with Gasteiger partial charge in [-0.25, -0.2) is 0 Å². The Kier molecular flexibility index (Phi) is 6.81. The lowest BCUT2D eigenvalue weighted by Gasteiger charge is -2.17. The highest BCUT2D eigenvalue weighted by Gasteiger charge is 2.18. The molecule has 0 spiro atoms. The molecule has 3 heteroatoms. The molecule has 0 radical (unpaired) electrons. The van der Waals surface area contributed by atoms with Crippen LogP contribution in [0.4, 0.5) is 0 Å². The second kappa shape index (κ2) is 8.15. The number of benzene rings is 1. The van der Waals surface area contributed by atoms with E-state index < -0.39 is 0 Å². The lowest BCUT2D eigenvalue weighted by molar-refractivity contribution is -0.122. The summed E-state index contributed by atoms with van der Waals surface area (Å²) in [6, 6.07) is 9.94. The Balaban J connectivity index is 2.53. The van der Waals surface area contributed by atoms with Gasteiger partial charge in [0, 0.05) is 12.4 Å². The van der Waals surface area contributed by atoms with E-state index in [1.54, 1.807) is 0 Å². The molecule has 0 saturated carbocycles. The lowest BCUT2D eigenvalue weighted by Crippen LogP contribution is -2.32. The maximum absolute atomic E-state index is 12.1. The number of nitrogens with one attached hydrogen (secondary N) is 1. The van der Waals surface area contributed by atoms with Crippen LogP contribution in [-0.4, -0.2) is 18.3 Å². The zero-order valence-corrected chi connectivity index (χ0v) is 11.9. The van der Waals surface area contributed by atoms with Crippen LogP contribution in [0.25, 0.3) is 0 Å². The summed E-state index contributed by atoms with van der Waals surface area (Å²) < 4.78 is 0. The molecule has 1 aromatic rings. The molecule has 0 bridgehead atoms. The molecule has 100 valence electrons. The van der Waals surface area contributed by atoms with Gasteiger partial charge in [-0.1, -0.05) is 44.2 Å². The van der Waals surface area contributed by atoms with E-state index in [-0.39, 0.29) is 11.8 Å². The average molecular weight is 268 g/mol. The van der Waals surface area contributed by atoms with Crippen LogP contribution in [0.1, 0.15) is 38.2 Å². The van der Waals surface area contributed by atoms with Crippen molar-refractivity contribution in [2.75, 3.05) is 12.4 Å². The third-order valence-corrected chi connectivity index (χ3v) is 3.37. The summed E-state index contributed by atoms with van der Waals surface area (Å²) in [5, 5.41) is 3.02. The van der Waals surface area contributed by atoms with Crippen LogP contribution >= 0.6 is 11.6 Å². The number of rotatable bonds is 7. The minimum absolute atomic E-state index is 0.0469. The summed E-state index contributed by atoms with van der Waals surface area (Å²) >= 11 is 5.68. The normalized spacial score (nSPS) is 13.9. The molecular formula is C15H22ClNO. The van der Waals surface area contributed by atoms with Crippen LogP contribution in [0.2, 0.25) is 0 Å². The van der Waals surface area contributed by atoms with E-state index in [9.17, 15) is 4.79 Å². The molecule has 0 fully saturated rings. The Labute approximate surface area is 115 Å². The van der Waals surface area contributed by atoms with E-state index in [0.29, 0.717) is 18.3 Å². The van der Waals surface area contributed by atoms with E-state index in [1.165, 1.54) is 0 Å². The first-order chi connectivity index (χ1) is 8.69. The first-order valence-corrected chi connectivity index (χ1v) is 7.11. The van der Waals surface area contributed by atoms with Gasteiger partial charge in [0.25, 0.3) is 0 Å². The van der Waals surface area contributed by atoms with Gasteiger partial charge >= 0.3 is 0 Å². The number of hydrogen-bond donors (Lipinski definition) is 1. The van der Waals surface area contributed by atoms with E-state index in [2.05, 4.69) is 12.2 Å². The van der Waals surface area contributed by atoms with Crippen LogP contribution in [0, 0.1) is 5.92 Å². The first-order valence-electron chi connectivity index (χ1n) is 6.57. The Morgan fingerprint density at radius 3 is 2.56 bits per heavy atom. The number of carbonyl (C=O) groups is 1. The van der Waals surface area contributed by atoms with E-state index >= 15 is 0 Å². The summed E-state index contributed by atoms with van der Waals surface area (Å²) in [7, 11) is 0. The van der Waals surface area contributed by atoms with Crippen molar-refractivity contribution in [1.82, 2.24) is 5.32 Å². The van der Waals surface area contributed by atoms with E-state index in [0.717, 1.165) is 18.4 Å². The number of alkyl halides is 1. The van der Waals surface area contributed by atoms with Crippen molar-refractivity contribution in [2.45, 2.75) is 32.6 Å². The van der Waals surface area contributed by atoms with Crippen molar-refractivity contribution in [1.29, 1.82) is 0 Å². The van der Waals surface area contributed by atoms with Gasteiger partial charge in [-0.2, -0.15) is 0 Å². The zero-order valence-electron chi connectivity index (χ0n) is 11.2. The molecule has 2 nitrogen and oxygen atoms in total. The van der Waals surface area contributed by atoms with Gasteiger partial charge in [-0.15, -0.1) is 11.6 Å². The topological polar surface area (TPSA) is 29.1 Å². The van der Waals surface area contributed by atoms with E-state index in [4.69, 9.17) is 11.6 Å². The second-order valence-corrected chi connectivity index (χ2v) is 5.08. The highest BCUT2D eigenvalue weighted by Crippen LogP contribution is 2.19. The molecule has 0 aliphatic carbocycles. The fraction of sp³-hybridized carbons (Fsp3) is 0.533. The monoisotopic (exact) mass is 267 g/mol. The Hall–Kier alpha value is -1.02. The van der Waals surface area contributed by atoms with E-state index in [1.807, 2.05) is 37.3 Å². The summed E-state index contributed by atoms with van der Waals surface area (Å²) in [5.74, 6) is 1.15. The van der Waals surface area contributed by atoms with Gasteiger partial charge in [0.15, 0.2) is 0 Å². The van der Waals surface area contributed by atoms with Gasteiger partial charge in [0.05, 0.1) is 5.92 Å². The Morgan fingerprint density at radius 2 is 2.00 bits per heavy atom.